The van der Waals surface area contributed by atoms with E-state index in [9.17, 15) is 19.2 Å². The number of hydrogen-bond acceptors (Lipinski definition) is 10. The van der Waals surface area contributed by atoms with Crippen LogP contribution in [-0.2, 0) is 38.1 Å². The van der Waals surface area contributed by atoms with Crippen molar-refractivity contribution in [2.24, 2.45) is 11.7 Å². The number of nitrogens with two attached hydrogens (primary N) is 1. The lowest BCUT2D eigenvalue weighted by Crippen LogP contribution is -2.54. The van der Waals surface area contributed by atoms with E-state index in [0.29, 0.717) is 85.3 Å². The topological polar surface area (TPSA) is 191 Å². The van der Waals surface area contributed by atoms with Crippen molar-refractivity contribution >= 4 is 23.6 Å². The van der Waals surface area contributed by atoms with E-state index in [1.54, 1.807) is 14.0 Å². The van der Waals surface area contributed by atoms with E-state index in [4.69, 9.17) is 24.7 Å². The molecule has 0 aromatic rings. The summed E-state index contributed by atoms with van der Waals surface area (Å²) >= 11 is 0. The van der Waals surface area contributed by atoms with Crippen LogP contribution in [0.3, 0.4) is 0 Å². The van der Waals surface area contributed by atoms with Gasteiger partial charge in [-0.2, -0.15) is 0 Å². The Balaban J connectivity index is 3.85. The predicted octanol–water partition coefficient (Wildman–Crippen LogP) is -0.941. The lowest BCUT2D eigenvalue weighted by atomic mass is 10.0. The Hall–Kier alpha value is -2.36. The van der Waals surface area contributed by atoms with Crippen LogP contribution in [0.4, 0.5) is 0 Å². The molecule has 0 bridgehead atoms. The van der Waals surface area contributed by atoms with E-state index >= 15 is 0 Å². The van der Waals surface area contributed by atoms with Gasteiger partial charge in [0.2, 0.25) is 23.6 Å². The van der Waals surface area contributed by atoms with E-state index in [-0.39, 0.29) is 42.6 Å². The number of likely N-dealkylation sites (N-methyl/N-ethyl adjacent to an activating group) is 1. The molecule has 0 aliphatic carbocycles. The van der Waals surface area contributed by atoms with Gasteiger partial charge in [0, 0.05) is 39.5 Å². The fourth-order valence-corrected chi connectivity index (χ4v) is 3.66. The number of amides is 4. The fourth-order valence-electron chi connectivity index (χ4n) is 3.66. The van der Waals surface area contributed by atoms with Crippen molar-refractivity contribution in [3.8, 4) is 0 Å². The highest BCUT2D eigenvalue weighted by Crippen LogP contribution is 2.05. The molecule has 42 heavy (non-hydrogen) atoms. The average molecular weight is 605 g/mol. The van der Waals surface area contributed by atoms with E-state index in [1.165, 1.54) is 0 Å². The minimum absolute atomic E-state index is 0.00672. The molecular weight excluding hydrogens is 548 g/mol. The van der Waals surface area contributed by atoms with Gasteiger partial charge in [-0.15, -0.1) is 0 Å². The second kappa shape index (κ2) is 27.5. The smallest absolute Gasteiger partial charge is 0.242 e. The maximum absolute atomic E-state index is 12.8. The molecule has 0 radical (unpaired) electrons. The highest BCUT2D eigenvalue weighted by atomic mass is 16.6. The van der Waals surface area contributed by atoms with E-state index in [0.717, 1.165) is 12.8 Å². The molecule has 0 heterocycles. The lowest BCUT2D eigenvalue weighted by molar-refractivity contribution is -0.130. The molecule has 14 nitrogen and oxygen atoms in total. The number of unbranched alkanes of at least 4 members (excludes halogenated alkanes) is 1. The predicted molar refractivity (Wildman–Crippen MR) is 160 cm³/mol. The summed E-state index contributed by atoms with van der Waals surface area (Å²) in [6.45, 7) is 10.7. The van der Waals surface area contributed by atoms with Crippen molar-refractivity contribution in [1.82, 2.24) is 26.6 Å². The van der Waals surface area contributed by atoms with Crippen LogP contribution in [0.2, 0.25) is 0 Å². The van der Waals surface area contributed by atoms with Crippen molar-refractivity contribution in [1.29, 1.82) is 0 Å². The Labute approximate surface area is 251 Å². The number of carbonyl (C=O) groups excluding carboxylic acids is 4. The Morgan fingerprint density at radius 3 is 1.83 bits per heavy atom. The van der Waals surface area contributed by atoms with Gasteiger partial charge in [-0.05, 0) is 31.7 Å². The Bertz CT molecular complexity index is 729. The number of nitrogens with one attached hydrogen (secondary N) is 5. The van der Waals surface area contributed by atoms with Gasteiger partial charge in [0.1, 0.15) is 6.04 Å². The number of carbonyl (C=O) groups is 4. The normalized spacial score (nSPS) is 12.5. The van der Waals surface area contributed by atoms with Crippen LogP contribution >= 0.6 is 0 Å². The molecule has 0 rings (SSSR count). The van der Waals surface area contributed by atoms with Crippen LogP contribution < -0.4 is 32.3 Å². The van der Waals surface area contributed by atoms with Gasteiger partial charge < -0.3 is 51.3 Å². The third kappa shape index (κ3) is 22.3. The zero-order valence-electron chi connectivity index (χ0n) is 26.1. The summed E-state index contributed by atoms with van der Waals surface area (Å²) in [5.74, 6) is -0.635. The van der Waals surface area contributed by atoms with Crippen molar-refractivity contribution < 1.29 is 38.1 Å². The molecule has 0 aromatic heterocycles. The second-order valence-corrected chi connectivity index (χ2v) is 9.89. The van der Waals surface area contributed by atoms with Crippen LogP contribution in [0.5, 0.6) is 0 Å². The van der Waals surface area contributed by atoms with Crippen LogP contribution in [0, 0.1) is 5.92 Å². The van der Waals surface area contributed by atoms with Gasteiger partial charge in [-0.25, -0.2) is 0 Å². The summed E-state index contributed by atoms with van der Waals surface area (Å²) in [6, 6.07) is -1.12. The summed E-state index contributed by atoms with van der Waals surface area (Å²) in [4.78, 5) is 48.2. The summed E-state index contributed by atoms with van der Waals surface area (Å²) in [6.07, 6.45) is 2.73. The number of ether oxygens (including phenoxy) is 4. The fraction of sp³-hybridized carbons (Fsp3) is 0.857. The Kier molecular flexibility index (Phi) is 25.9. The summed E-state index contributed by atoms with van der Waals surface area (Å²) < 4.78 is 21.6. The van der Waals surface area contributed by atoms with Crippen LogP contribution in [-0.4, -0.2) is 122 Å². The third-order valence-electron chi connectivity index (χ3n) is 6.07. The molecule has 1 unspecified atom stereocenters. The van der Waals surface area contributed by atoms with Gasteiger partial charge in [0.05, 0.1) is 58.9 Å². The molecule has 0 fully saturated rings. The van der Waals surface area contributed by atoms with Gasteiger partial charge >= 0.3 is 0 Å². The standard InChI is InChI=1S/C28H56N6O8/c1-5-24(35)32-13-15-40-17-19-42-21-20-41-18-16-39-14-9-25(36)31-11-12-33-26(22(2)3)28(38)34-23(27(37)30-4)8-6-7-10-29/h22-23,26,33H,5-21,29H2,1-4H3,(H,30,37)(H,31,36)(H,32,35)(H,34,38)/t23?,26-/m0/s1. The molecule has 7 N–H and O–H groups in total. The zero-order chi connectivity index (χ0) is 31.4. The first-order chi connectivity index (χ1) is 20.3. The SMILES string of the molecule is CCC(=O)NCCOCCOCCOCCOCCC(=O)NCCN[C@H](C(=O)NC(CCCCN)C(=O)NC)C(C)C. The lowest BCUT2D eigenvalue weighted by Gasteiger charge is -2.25. The molecule has 0 saturated carbocycles. The summed E-state index contributed by atoms with van der Waals surface area (Å²) in [7, 11) is 1.54. The van der Waals surface area contributed by atoms with E-state index < -0.39 is 12.1 Å². The largest absolute Gasteiger partial charge is 0.379 e. The van der Waals surface area contributed by atoms with Crippen LogP contribution in [0.1, 0.15) is 52.9 Å². The number of hydrogen-bond donors (Lipinski definition) is 6. The zero-order valence-corrected chi connectivity index (χ0v) is 26.1. The minimum atomic E-state index is -0.612. The molecule has 246 valence electrons. The first kappa shape index (κ1) is 39.6. The van der Waals surface area contributed by atoms with E-state index in [2.05, 4.69) is 26.6 Å². The van der Waals surface area contributed by atoms with Crippen molar-refractivity contribution in [2.45, 2.75) is 65.0 Å². The highest BCUT2D eigenvalue weighted by Gasteiger charge is 2.26. The molecular formula is C28H56N6O8. The van der Waals surface area contributed by atoms with Gasteiger partial charge in [0.25, 0.3) is 0 Å². The van der Waals surface area contributed by atoms with Crippen LogP contribution in [0.15, 0.2) is 0 Å². The molecule has 0 aromatic carbocycles. The molecule has 4 amide bonds. The third-order valence-corrected chi connectivity index (χ3v) is 6.07. The monoisotopic (exact) mass is 604 g/mol. The summed E-state index contributed by atoms with van der Waals surface area (Å²) in [5.41, 5.74) is 5.54. The second-order valence-electron chi connectivity index (χ2n) is 9.89. The minimum Gasteiger partial charge on any atom is -0.379 e. The van der Waals surface area contributed by atoms with Gasteiger partial charge in [-0.3, -0.25) is 19.2 Å². The van der Waals surface area contributed by atoms with Gasteiger partial charge in [-0.1, -0.05) is 20.8 Å². The maximum atomic E-state index is 12.8. The van der Waals surface area contributed by atoms with Crippen molar-refractivity contribution in [2.75, 3.05) is 86.1 Å². The number of rotatable bonds is 28. The average Bonchev–Trinajstić information content (AvgIpc) is 2.97. The molecule has 2 atom stereocenters. The molecule has 14 heteroatoms. The van der Waals surface area contributed by atoms with E-state index in [1.807, 2.05) is 13.8 Å². The first-order valence-corrected chi connectivity index (χ1v) is 15.1. The van der Waals surface area contributed by atoms with Crippen LogP contribution in [0.25, 0.3) is 0 Å². The van der Waals surface area contributed by atoms with Crippen molar-refractivity contribution in [3.05, 3.63) is 0 Å². The molecule has 0 aliphatic rings. The Morgan fingerprint density at radius 2 is 1.29 bits per heavy atom. The summed E-state index contributed by atoms with van der Waals surface area (Å²) in [5, 5.41) is 14.1. The highest BCUT2D eigenvalue weighted by molar-refractivity contribution is 5.89. The van der Waals surface area contributed by atoms with Gasteiger partial charge in [0.15, 0.2) is 0 Å². The molecule has 0 spiro atoms. The maximum Gasteiger partial charge on any atom is 0.242 e. The quantitative estimate of drug-likeness (QED) is 0.0608. The molecule has 0 saturated heterocycles. The molecule has 0 aliphatic heterocycles. The van der Waals surface area contributed by atoms with Crippen molar-refractivity contribution in [3.63, 3.8) is 0 Å². The Morgan fingerprint density at radius 1 is 0.714 bits per heavy atom. The first-order valence-electron chi connectivity index (χ1n) is 15.1.